The van der Waals surface area contributed by atoms with Gasteiger partial charge in [-0.1, -0.05) is 17.7 Å². The van der Waals surface area contributed by atoms with Crippen LogP contribution in [0.2, 0.25) is 5.02 Å². The van der Waals surface area contributed by atoms with E-state index in [2.05, 4.69) is 5.48 Å². The molecule has 0 aliphatic heterocycles. The van der Waals surface area contributed by atoms with Crippen LogP contribution in [-0.4, -0.2) is 12.5 Å². The van der Waals surface area contributed by atoms with Gasteiger partial charge in [-0.25, -0.2) is 4.39 Å². The summed E-state index contributed by atoms with van der Waals surface area (Å²) in [5.74, 6) is -1.04. The van der Waals surface area contributed by atoms with E-state index in [-0.39, 0.29) is 11.6 Å². The average Bonchev–Trinajstić information content (AvgIpc) is 2.18. The summed E-state index contributed by atoms with van der Waals surface area (Å²) in [6, 6.07) is 4.28. The first-order valence-corrected chi connectivity index (χ1v) is 4.54. The predicted octanol–water partition coefficient (Wildman–Crippen LogP) is 0.986. The van der Waals surface area contributed by atoms with E-state index < -0.39 is 11.7 Å². The topological polar surface area (TPSA) is 64.4 Å². The molecule has 1 amide bonds. The summed E-state index contributed by atoms with van der Waals surface area (Å²) in [4.78, 5) is 15.0. The van der Waals surface area contributed by atoms with Crippen LogP contribution in [-0.2, 0) is 16.2 Å². The van der Waals surface area contributed by atoms with Gasteiger partial charge in [0.1, 0.15) is 12.4 Å². The van der Waals surface area contributed by atoms with Gasteiger partial charge in [-0.15, -0.1) is 0 Å². The number of amides is 1. The number of nitrogens with two attached hydrogens (primary N) is 1. The molecule has 82 valence electrons. The second kappa shape index (κ2) is 5.65. The molecule has 1 aromatic carbocycles. The molecule has 0 aliphatic rings. The molecule has 1 aromatic rings. The Labute approximate surface area is 91.1 Å². The van der Waals surface area contributed by atoms with Crippen LogP contribution in [0.1, 0.15) is 5.56 Å². The third kappa shape index (κ3) is 4.24. The summed E-state index contributed by atoms with van der Waals surface area (Å²) in [5.41, 5.74) is 8.08. The smallest absolute Gasteiger partial charge is 0.245 e. The summed E-state index contributed by atoms with van der Waals surface area (Å²) >= 11 is 5.56. The maximum absolute atomic E-state index is 12.7. The molecule has 0 saturated heterocycles. The highest BCUT2D eigenvalue weighted by molar-refractivity contribution is 6.30. The van der Waals surface area contributed by atoms with Gasteiger partial charge in [0.25, 0.3) is 0 Å². The van der Waals surface area contributed by atoms with Crippen molar-refractivity contribution in [1.82, 2.24) is 5.48 Å². The molecule has 0 aliphatic carbocycles. The van der Waals surface area contributed by atoms with Crippen LogP contribution in [0.25, 0.3) is 0 Å². The highest BCUT2D eigenvalue weighted by atomic mass is 35.5. The fraction of sp³-hybridized carbons (Fsp3) is 0.222. The SMILES string of the molecule is NC(=O)CONCc1ccc(F)c(Cl)c1. The Morgan fingerprint density at radius 2 is 2.33 bits per heavy atom. The number of carbonyl (C=O) groups is 1. The zero-order chi connectivity index (χ0) is 11.3. The monoisotopic (exact) mass is 232 g/mol. The van der Waals surface area contributed by atoms with Crippen molar-refractivity contribution in [2.24, 2.45) is 5.73 Å². The van der Waals surface area contributed by atoms with E-state index in [0.29, 0.717) is 6.54 Å². The Bertz CT molecular complexity index is 360. The van der Waals surface area contributed by atoms with Crippen molar-refractivity contribution in [3.8, 4) is 0 Å². The summed E-state index contributed by atoms with van der Waals surface area (Å²) in [7, 11) is 0. The van der Waals surface area contributed by atoms with Gasteiger partial charge in [-0.3, -0.25) is 9.63 Å². The number of rotatable bonds is 5. The maximum Gasteiger partial charge on any atom is 0.245 e. The third-order valence-corrected chi connectivity index (χ3v) is 1.87. The Hall–Kier alpha value is -1.17. The number of nitrogens with one attached hydrogen (secondary N) is 1. The molecule has 0 aromatic heterocycles. The largest absolute Gasteiger partial charge is 0.368 e. The van der Waals surface area contributed by atoms with Crippen molar-refractivity contribution >= 4 is 17.5 Å². The fourth-order valence-corrected chi connectivity index (χ4v) is 1.11. The van der Waals surface area contributed by atoms with Gasteiger partial charge in [0.2, 0.25) is 5.91 Å². The Balaban J connectivity index is 2.38. The maximum atomic E-state index is 12.7. The molecule has 1 rings (SSSR count). The molecule has 0 saturated carbocycles. The molecular weight excluding hydrogens is 223 g/mol. The lowest BCUT2D eigenvalue weighted by Gasteiger charge is -2.04. The molecule has 0 atom stereocenters. The van der Waals surface area contributed by atoms with Crippen molar-refractivity contribution in [3.63, 3.8) is 0 Å². The number of hydrogen-bond donors (Lipinski definition) is 2. The van der Waals surface area contributed by atoms with Crippen LogP contribution < -0.4 is 11.2 Å². The van der Waals surface area contributed by atoms with Gasteiger partial charge < -0.3 is 5.73 Å². The first-order valence-electron chi connectivity index (χ1n) is 4.16. The fourth-order valence-electron chi connectivity index (χ4n) is 0.906. The molecule has 0 fully saturated rings. The average molecular weight is 233 g/mol. The van der Waals surface area contributed by atoms with E-state index in [1.54, 1.807) is 6.07 Å². The quantitative estimate of drug-likeness (QED) is 0.588. The van der Waals surface area contributed by atoms with Crippen molar-refractivity contribution < 1.29 is 14.0 Å². The lowest BCUT2D eigenvalue weighted by Crippen LogP contribution is -2.24. The van der Waals surface area contributed by atoms with Crippen molar-refractivity contribution in [2.45, 2.75) is 6.54 Å². The minimum atomic E-state index is -0.570. The minimum absolute atomic E-state index is 0.0456. The number of benzene rings is 1. The van der Waals surface area contributed by atoms with Crippen LogP contribution in [0.15, 0.2) is 18.2 Å². The summed E-state index contributed by atoms with van der Waals surface area (Å²) in [5, 5.41) is 0.0456. The first kappa shape index (κ1) is 11.9. The highest BCUT2D eigenvalue weighted by Gasteiger charge is 2.00. The second-order valence-corrected chi connectivity index (χ2v) is 3.23. The van der Waals surface area contributed by atoms with Gasteiger partial charge >= 0.3 is 0 Å². The molecule has 0 unspecified atom stereocenters. The zero-order valence-corrected chi connectivity index (χ0v) is 8.55. The molecule has 0 radical (unpaired) electrons. The number of carbonyl (C=O) groups excluding carboxylic acids is 1. The van der Waals surface area contributed by atoms with Crippen molar-refractivity contribution in [2.75, 3.05) is 6.61 Å². The third-order valence-electron chi connectivity index (χ3n) is 1.58. The van der Waals surface area contributed by atoms with Crippen molar-refractivity contribution in [1.29, 1.82) is 0 Å². The Morgan fingerprint density at radius 1 is 1.60 bits per heavy atom. The molecule has 6 heteroatoms. The summed E-state index contributed by atoms with van der Waals surface area (Å²) < 4.78 is 12.7. The predicted molar refractivity (Wildman–Crippen MR) is 53.4 cm³/mol. The Kier molecular flexibility index (Phi) is 4.48. The zero-order valence-electron chi connectivity index (χ0n) is 7.80. The number of hydrogen-bond acceptors (Lipinski definition) is 3. The van der Waals surface area contributed by atoms with Gasteiger partial charge in [0.15, 0.2) is 0 Å². The molecule has 3 N–H and O–H groups in total. The van der Waals surface area contributed by atoms with Gasteiger partial charge in [0.05, 0.1) is 5.02 Å². The van der Waals surface area contributed by atoms with Crippen LogP contribution in [0, 0.1) is 5.82 Å². The number of halogens is 2. The van der Waals surface area contributed by atoms with Crippen LogP contribution >= 0.6 is 11.6 Å². The van der Waals surface area contributed by atoms with E-state index in [1.165, 1.54) is 12.1 Å². The van der Waals surface area contributed by atoms with E-state index in [9.17, 15) is 9.18 Å². The lowest BCUT2D eigenvalue weighted by molar-refractivity contribution is -0.125. The van der Waals surface area contributed by atoms with E-state index in [1.807, 2.05) is 0 Å². The molecule has 0 bridgehead atoms. The normalized spacial score (nSPS) is 10.3. The number of primary amides is 1. The molecule has 15 heavy (non-hydrogen) atoms. The van der Waals surface area contributed by atoms with Crippen LogP contribution in [0.3, 0.4) is 0 Å². The standard InChI is InChI=1S/C9H10ClFN2O2/c10-7-3-6(1-2-8(7)11)4-13-15-5-9(12)14/h1-3,13H,4-5H2,(H2,12,14). The van der Waals surface area contributed by atoms with Crippen molar-refractivity contribution in [3.05, 3.63) is 34.6 Å². The summed E-state index contributed by atoms with van der Waals surface area (Å²) in [6.45, 7) is 0.0994. The lowest BCUT2D eigenvalue weighted by atomic mass is 10.2. The van der Waals surface area contributed by atoms with E-state index >= 15 is 0 Å². The van der Waals surface area contributed by atoms with Gasteiger partial charge in [0, 0.05) is 6.54 Å². The highest BCUT2D eigenvalue weighted by Crippen LogP contribution is 2.15. The minimum Gasteiger partial charge on any atom is -0.368 e. The Morgan fingerprint density at radius 3 is 2.93 bits per heavy atom. The first-order chi connectivity index (χ1) is 7.09. The molecule has 0 heterocycles. The molecule has 4 nitrogen and oxygen atoms in total. The molecular formula is C9H10ClFN2O2. The van der Waals surface area contributed by atoms with Gasteiger partial charge in [-0.2, -0.15) is 5.48 Å². The molecule has 0 spiro atoms. The summed E-state index contributed by atoms with van der Waals surface area (Å²) in [6.07, 6.45) is 0. The number of hydroxylamine groups is 1. The van der Waals surface area contributed by atoms with Crippen LogP contribution in [0.5, 0.6) is 0 Å². The van der Waals surface area contributed by atoms with E-state index in [0.717, 1.165) is 5.56 Å². The second-order valence-electron chi connectivity index (χ2n) is 2.82. The van der Waals surface area contributed by atoms with Gasteiger partial charge in [-0.05, 0) is 17.7 Å². The van der Waals surface area contributed by atoms with E-state index in [4.69, 9.17) is 22.2 Å². The van der Waals surface area contributed by atoms with Crippen LogP contribution in [0.4, 0.5) is 4.39 Å².